The van der Waals surface area contributed by atoms with Gasteiger partial charge in [0.1, 0.15) is 17.9 Å². The Balaban J connectivity index is 1.32. The zero-order chi connectivity index (χ0) is 28.8. The molecule has 3 amide bonds. The summed E-state index contributed by atoms with van der Waals surface area (Å²) in [6.07, 6.45) is 12.6. The van der Waals surface area contributed by atoms with Crippen molar-refractivity contribution in [3.8, 4) is 11.7 Å². The van der Waals surface area contributed by atoms with E-state index in [0.717, 1.165) is 42.6 Å². The summed E-state index contributed by atoms with van der Waals surface area (Å²) >= 11 is 6.26. The molecule has 2 aliphatic rings. The fourth-order valence-corrected chi connectivity index (χ4v) is 5.81. The van der Waals surface area contributed by atoms with Crippen LogP contribution in [0.1, 0.15) is 49.7 Å². The Morgan fingerprint density at radius 1 is 1.17 bits per heavy atom. The lowest BCUT2D eigenvalue weighted by atomic mass is 9.96. The fraction of sp³-hybridized carbons (Fsp3) is 0.483. The number of halogens is 1. The second kappa shape index (κ2) is 13.2. The number of benzene rings is 1. The molecule has 1 saturated heterocycles. The Hall–Kier alpha value is -3.86. The Labute approximate surface area is 245 Å². The second-order valence-electron chi connectivity index (χ2n) is 10.7. The minimum absolute atomic E-state index is 0.0617. The van der Waals surface area contributed by atoms with Crippen LogP contribution in [-0.2, 0) is 11.3 Å². The molecule has 2 aromatic heterocycles. The van der Waals surface area contributed by atoms with Gasteiger partial charge in [0.05, 0.1) is 18.2 Å². The lowest BCUT2D eigenvalue weighted by Gasteiger charge is -2.42. The fourth-order valence-electron chi connectivity index (χ4n) is 5.53. The molecule has 218 valence electrons. The van der Waals surface area contributed by atoms with E-state index in [0.29, 0.717) is 42.9 Å². The first-order valence-electron chi connectivity index (χ1n) is 14.1. The number of aryl methyl sites for hydroxylation is 1. The molecule has 1 aliphatic carbocycles. The van der Waals surface area contributed by atoms with Crippen LogP contribution in [0.25, 0.3) is 5.95 Å². The summed E-state index contributed by atoms with van der Waals surface area (Å²) in [5.74, 6) is 1.71. The standard InChI is InChI=1S/C29H37ClN8O3/c1-20-16-33-28(37-11-10-31-19-37)35-27(20)38-13-12-36(29(40)34-22-6-4-3-5-7-22)18-23(38)15-26(39)32-17-21-8-9-25(41-2)24(30)14-21/h8-11,14,16,19,22-23H,3-7,12-13,15,17-18H2,1-2H3,(H,32,39)(H,34,40). The molecule has 1 unspecified atom stereocenters. The predicted molar refractivity (Wildman–Crippen MR) is 156 cm³/mol. The van der Waals surface area contributed by atoms with Crippen molar-refractivity contribution < 1.29 is 14.3 Å². The van der Waals surface area contributed by atoms with Gasteiger partial charge in [0, 0.05) is 62.8 Å². The molecule has 1 saturated carbocycles. The highest BCUT2D eigenvalue weighted by Gasteiger charge is 2.33. The zero-order valence-corrected chi connectivity index (χ0v) is 24.3. The third-order valence-corrected chi connectivity index (χ3v) is 8.06. The molecule has 2 fully saturated rings. The molecule has 1 aromatic carbocycles. The van der Waals surface area contributed by atoms with E-state index < -0.39 is 0 Å². The Kier molecular flexibility index (Phi) is 9.23. The van der Waals surface area contributed by atoms with Crippen LogP contribution in [-0.4, -0.2) is 75.2 Å². The first kappa shape index (κ1) is 28.7. The van der Waals surface area contributed by atoms with Crippen LogP contribution in [0.4, 0.5) is 10.6 Å². The Morgan fingerprint density at radius 3 is 2.73 bits per heavy atom. The number of urea groups is 1. The van der Waals surface area contributed by atoms with Crippen LogP contribution < -0.4 is 20.3 Å². The number of hydrogen-bond acceptors (Lipinski definition) is 7. The van der Waals surface area contributed by atoms with Crippen molar-refractivity contribution in [2.75, 3.05) is 31.6 Å². The van der Waals surface area contributed by atoms with Crippen LogP contribution in [0.5, 0.6) is 5.75 Å². The van der Waals surface area contributed by atoms with Crippen LogP contribution in [0, 0.1) is 6.92 Å². The maximum absolute atomic E-state index is 13.2. The van der Waals surface area contributed by atoms with Gasteiger partial charge in [-0.1, -0.05) is 36.9 Å². The van der Waals surface area contributed by atoms with Gasteiger partial charge in [0.15, 0.2) is 0 Å². The molecule has 5 rings (SSSR count). The van der Waals surface area contributed by atoms with E-state index in [1.54, 1.807) is 48.7 Å². The molecular weight excluding hydrogens is 544 g/mol. The molecule has 12 heteroatoms. The number of ether oxygens (including phenoxy) is 1. The summed E-state index contributed by atoms with van der Waals surface area (Å²) in [6.45, 7) is 3.78. The monoisotopic (exact) mass is 580 g/mol. The summed E-state index contributed by atoms with van der Waals surface area (Å²) < 4.78 is 6.97. The quantitative estimate of drug-likeness (QED) is 0.415. The number of aromatic nitrogens is 4. The average Bonchev–Trinajstić information content (AvgIpc) is 3.52. The normalized spacial score (nSPS) is 17.8. The Bertz CT molecular complexity index is 1350. The van der Waals surface area contributed by atoms with Gasteiger partial charge >= 0.3 is 6.03 Å². The number of anilines is 1. The highest BCUT2D eigenvalue weighted by Crippen LogP contribution is 2.27. The van der Waals surface area contributed by atoms with Crippen molar-refractivity contribution >= 4 is 29.4 Å². The number of nitrogens with one attached hydrogen (secondary N) is 2. The minimum Gasteiger partial charge on any atom is -0.495 e. The summed E-state index contributed by atoms with van der Waals surface area (Å²) in [4.78, 5) is 43.9. The van der Waals surface area contributed by atoms with E-state index in [4.69, 9.17) is 21.3 Å². The van der Waals surface area contributed by atoms with Crippen molar-refractivity contribution in [3.05, 3.63) is 59.3 Å². The minimum atomic E-state index is -0.274. The molecule has 0 radical (unpaired) electrons. The predicted octanol–water partition coefficient (Wildman–Crippen LogP) is 3.87. The largest absolute Gasteiger partial charge is 0.495 e. The number of nitrogens with zero attached hydrogens (tertiary/aromatic N) is 6. The van der Waals surface area contributed by atoms with Gasteiger partial charge < -0.3 is 25.2 Å². The molecule has 1 aliphatic heterocycles. The highest BCUT2D eigenvalue weighted by atomic mass is 35.5. The maximum Gasteiger partial charge on any atom is 0.317 e. The number of amides is 3. The van der Waals surface area contributed by atoms with Gasteiger partial charge in [0.2, 0.25) is 11.9 Å². The molecule has 3 aromatic rings. The molecule has 1 atom stereocenters. The van der Waals surface area contributed by atoms with E-state index in [-0.39, 0.29) is 30.4 Å². The number of carbonyl (C=O) groups is 2. The molecule has 3 heterocycles. The lowest BCUT2D eigenvalue weighted by Crippen LogP contribution is -2.59. The van der Waals surface area contributed by atoms with Crippen molar-refractivity contribution in [1.29, 1.82) is 0 Å². The van der Waals surface area contributed by atoms with E-state index in [9.17, 15) is 9.59 Å². The number of carbonyl (C=O) groups excluding carboxylic acids is 2. The first-order valence-corrected chi connectivity index (χ1v) is 14.5. The molecule has 0 bridgehead atoms. The average molecular weight is 581 g/mol. The summed E-state index contributed by atoms with van der Waals surface area (Å²) in [5.41, 5.74) is 1.77. The smallest absolute Gasteiger partial charge is 0.317 e. The van der Waals surface area contributed by atoms with Gasteiger partial charge in [0.25, 0.3) is 0 Å². The number of rotatable bonds is 8. The summed E-state index contributed by atoms with van der Waals surface area (Å²) in [7, 11) is 1.56. The van der Waals surface area contributed by atoms with Crippen molar-refractivity contribution in [1.82, 2.24) is 35.1 Å². The molecular formula is C29H37ClN8O3. The molecule has 0 spiro atoms. The van der Waals surface area contributed by atoms with Crippen LogP contribution in [0.2, 0.25) is 5.02 Å². The number of imidazole rings is 1. The summed E-state index contributed by atoms with van der Waals surface area (Å²) in [6, 6.07) is 5.32. The van der Waals surface area contributed by atoms with Gasteiger partial charge in [-0.15, -0.1) is 0 Å². The van der Waals surface area contributed by atoms with Gasteiger partial charge in [-0.2, -0.15) is 4.98 Å². The number of hydrogen-bond donors (Lipinski definition) is 2. The second-order valence-corrected chi connectivity index (χ2v) is 11.1. The van der Waals surface area contributed by atoms with Crippen molar-refractivity contribution in [2.45, 2.75) is 64.1 Å². The third kappa shape index (κ3) is 7.08. The first-order chi connectivity index (χ1) is 19.9. The van der Waals surface area contributed by atoms with E-state index in [1.165, 1.54) is 6.42 Å². The van der Waals surface area contributed by atoms with Crippen LogP contribution in [0.3, 0.4) is 0 Å². The van der Waals surface area contributed by atoms with Gasteiger partial charge in [-0.05, 0) is 37.5 Å². The molecule has 2 N–H and O–H groups in total. The molecule has 11 nitrogen and oxygen atoms in total. The highest BCUT2D eigenvalue weighted by molar-refractivity contribution is 6.32. The van der Waals surface area contributed by atoms with Crippen LogP contribution in [0.15, 0.2) is 43.1 Å². The Morgan fingerprint density at radius 2 is 2.00 bits per heavy atom. The zero-order valence-electron chi connectivity index (χ0n) is 23.6. The van der Waals surface area contributed by atoms with Gasteiger partial charge in [-0.3, -0.25) is 9.36 Å². The maximum atomic E-state index is 13.2. The SMILES string of the molecule is COc1ccc(CNC(=O)CC2CN(C(=O)NC3CCCCC3)CCN2c2nc(-n3ccnc3)ncc2C)cc1Cl. The van der Waals surface area contributed by atoms with Crippen LogP contribution >= 0.6 is 11.6 Å². The van der Waals surface area contributed by atoms with Crippen molar-refractivity contribution in [2.24, 2.45) is 0 Å². The summed E-state index contributed by atoms with van der Waals surface area (Å²) in [5, 5.41) is 6.73. The lowest BCUT2D eigenvalue weighted by molar-refractivity contribution is -0.121. The van der Waals surface area contributed by atoms with E-state index in [2.05, 4.69) is 25.5 Å². The van der Waals surface area contributed by atoms with Gasteiger partial charge in [-0.25, -0.2) is 14.8 Å². The number of piperazine rings is 1. The van der Waals surface area contributed by atoms with E-state index >= 15 is 0 Å². The third-order valence-electron chi connectivity index (χ3n) is 7.77. The van der Waals surface area contributed by atoms with Crippen molar-refractivity contribution in [3.63, 3.8) is 0 Å². The topological polar surface area (TPSA) is 118 Å². The molecule has 41 heavy (non-hydrogen) atoms. The van der Waals surface area contributed by atoms with E-state index in [1.807, 2.05) is 17.9 Å². The number of methoxy groups -OCH3 is 1.